The van der Waals surface area contributed by atoms with Gasteiger partial charge in [0.15, 0.2) is 5.78 Å². The summed E-state index contributed by atoms with van der Waals surface area (Å²) in [5.74, 6) is -1.23. The second-order valence-corrected chi connectivity index (χ2v) is 2.53. The fourth-order valence-corrected chi connectivity index (χ4v) is 0.743. The normalized spacial score (nSPS) is 11.8. The molecule has 0 aromatic heterocycles. The highest BCUT2D eigenvalue weighted by Gasteiger charge is 2.16. The highest BCUT2D eigenvalue weighted by molar-refractivity contribution is 5.90. The molecule has 1 unspecified atom stereocenters. The lowest BCUT2D eigenvalue weighted by atomic mass is 10.1. The fourth-order valence-electron chi connectivity index (χ4n) is 0.743. The summed E-state index contributed by atoms with van der Waals surface area (Å²) in [5.41, 5.74) is 4.86. The molecule has 0 heterocycles. The van der Waals surface area contributed by atoms with Crippen LogP contribution >= 0.6 is 0 Å². The summed E-state index contributed by atoms with van der Waals surface area (Å²) in [5, 5.41) is 2.32. The van der Waals surface area contributed by atoms with Gasteiger partial charge in [0.05, 0.1) is 12.5 Å². The lowest BCUT2D eigenvalue weighted by Gasteiger charge is -2.11. The van der Waals surface area contributed by atoms with Crippen LogP contribution < -0.4 is 11.1 Å². The summed E-state index contributed by atoms with van der Waals surface area (Å²) in [6.07, 6.45) is -0.144. The molecule has 0 spiro atoms. The first kappa shape index (κ1) is 10.6. The van der Waals surface area contributed by atoms with Crippen molar-refractivity contribution in [3.05, 3.63) is 0 Å². The molecule has 0 aromatic carbocycles. The second kappa shape index (κ2) is 4.48. The number of hydrogen-bond acceptors (Lipinski definition) is 3. The lowest BCUT2D eigenvalue weighted by Crippen LogP contribution is -2.41. The van der Waals surface area contributed by atoms with Crippen LogP contribution in [0.4, 0.5) is 0 Å². The van der Waals surface area contributed by atoms with E-state index in [0.29, 0.717) is 0 Å². The fraction of sp³-hybridized carbons (Fsp3) is 0.571. The number of carbonyl (C=O) groups excluding carboxylic acids is 3. The summed E-state index contributed by atoms with van der Waals surface area (Å²) in [6.45, 7) is 2.57. The molecule has 5 heteroatoms. The molecule has 2 amide bonds. The van der Waals surface area contributed by atoms with E-state index in [4.69, 9.17) is 5.73 Å². The number of carbonyl (C=O) groups is 3. The van der Waals surface area contributed by atoms with Crippen LogP contribution in [-0.4, -0.2) is 23.6 Å². The molecule has 12 heavy (non-hydrogen) atoms. The SMILES string of the molecule is CC(=O)NC(CC(N)=O)C(C)=O. The van der Waals surface area contributed by atoms with Gasteiger partial charge < -0.3 is 11.1 Å². The van der Waals surface area contributed by atoms with Crippen molar-refractivity contribution >= 4 is 17.6 Å². The quantitative estimate of drug-likeness (QED) is 0.567. The molecule has 1 atom stereocenters. The molecule has 0 aliphatic carbocycles. The second-order valence-electron chi connectivity index (χ2n) is 2.53. The summed E-state index contributed by atoms with van der Waals surface area (Å²) in [4.78, 5) is 31.7. The maximum Gasteiger partial charge on any atom is 0.219 e. The number of amides is 2. The summed E-state index contributed by atoms with van der Waals surface area (Å²) in [6, 6.07) is -0.778. The number of nitrogens with two attached hydrogens (primary N) is 1. The molecule has 5 nitrogen and oxygen atoms in total. The Morgan fingerprint density at radius 3 is 2.08 bits per heavy atom. The maximum atomic E-state index is 10.8. The number of primary amides is 1. The Balaban J connectivity index is 4.14. The largest absolute Gasteiger partial charge is 0.370 e. The van der Waals surface area contributed by atoms with Crippen LogP contribution in [0.25, 0.3) is 0 Å². The van der Waals surface area contributed by atoms with Crippen molar-refractivity contribution in [1.29, 1.82) is 0 Å². The number of hydrogen-bond donors (Lipinski definition) is 2. The van der Waals surface area contributed by atoms with E-state index in [1.165, 1.54) is 13.8 Å². The van der Waals surface area contributed by atoms with Gasteiger partial charge in [-0.2, -0.15) is 0 Å². The zero-order chi connectivity index (χ0) is 9.72. The van der Waals surface area contributed by atoms with Gasteiger partial charge >= 0.3 is 0 Å². The average molecular weight is 172 g/mol. The van der Waals surface area contributed by atoms with Crippen LogP contribution in [0.15, 0.2) is 0 Å². The topological polar surface area (TPSA) is 89.3 Å². The van der Waals surface area contributed by atoms with Crippen LogP contribution in [0.2, 0.25) is 0 Å². The third-order valence-electron chi connectivity index (χ3n) is 1.27. The monoisotopic (exact) mass is 172 g/mol. The van der Waals surface area contributed by atoms with Gasteiger partial charge in [-0.1, -0.05) is 0 Å². The van der Waals surface area contributed by atoms with E-state index in [1.54, 1.807) is 0 Å². The van der Waals surface area contributed by atoms with Crippen molar-refractivity contribution in [3.63, 3.8) is 0 Å². The zero-order valence-electron chi connectivity index (χ0n) is 7.09. The highest BCUT2D eigenvalue weighted by Crippen LogP contribution is 1.92. The molecule has 0 bridgehead atoms. The van der Waals surface area contributed by atoms with Crippen molar-refractivity contribution in [3.8, 4) is 0 Å². The van der Waals surface area contributed by atoms with E-state index in [0.717, 1.165) is 0 Å². The van der Waals surface area contributed by atoms with E-state index in [9.17, 15) is 14.4 Å². The van der Waals surface area contributed by atoms with Crippen molar-refractivity contribution < 1.29 is 14.4 Å². The van der Waals surface area contributed by atoms with Gasteiger partial charge in [0.2, 0.25) is 11.8 Å². The standard InChI is InChI=1S/C7H12N2O3/c1-4(10)6(3-7(8)12)9-5(2)11/h6H,3H2,1-2H3,(H2,8,12)(H,9,11). The predicted octanol–water partition coefficient (Wildman–Crippen LogP) is -1.04. The van der Waals surface area contributed by atoms with Gasteiger partial charge in [-0.25, -0.2) is 0 Å². The summed E-state index contributed by atoms with van der Waals surface area (Å²) >= 11 is 0. The zero-order valence-corrected chi connectivity index (χ0v) is 7.09. The lowest BCUT2D eigenvalue weighted by molar-refractivity contribution is -0.128. The van der Waals surface area contributed by atoms with Gasteiger partial charge in [0.1, 0.15) is 0 Å². The molecule has 0 saturated carbocycles. The Kier molecular flexibility index (Phi) is 3.96. The van der Waals surface area contributed by atoms with E-state index < -0.39 is 11.9 Å². The number of Topliss-reactive ketones (excluding diaryl/α,β-unsaturated/α-hetero) is 1. The number of ketones is 1. The minimum Gasteiger partial charge on any atom is -0.370 e. The molecule has 0 aromatic rings. The Morgan fingerprint density at radius 1 is 1.33 bits per heavy atom. The molecular weight excluding hydrogens is 160 g/mol. The first-order valence-electron chi connectivity index (χ1n) is 3.49. The Morgan fingerprint density at radius 2 is 1.83 bits per heavy atom. The Bertz CT molecular complexity index is 197. The van der Waals surface area contributed by atoms with Gasteiger partial charge in [-0.3, -0.25) is 14.4 Å². The van der Waals surface area contributed by atoms with Gasteiger partial charge in [0.25, 0.3) is 0 Å². The highest BCUT2D eigenvalue weighted by atomic mass is 16.2. The first-order valence-corrected chi connectivity index (χ1v) is 3.49. The first-order chi connectivity index (χ1) is 5.43. The third-order valence-corrected chi connectivity index (χ3v) is 1.27. The molecule has 0 radical (unpaired) electrons. The molecular formula is C7H12N2O3. The van der Waals surface area contributed by atoms with Gasteiger partial charge in [0, 0.05) is 6.92 Å². The minimum atomic E-state index is -0.778. The third kappa shape index (κ3) is 4.43. The molecule has 3 N–H and O–H groups in total. The number of nitrogens with one attached hydrogen (secondary N) is 1. The Labute approximate surface area is 70.3 Å². The minimum absolute atomic E-state index is 0.144. The van der Waals surface area contributed by atoms with Crippen molar-refractivity contribution in [1.82, 2.24) is 5.32 Å². The van der Waals surface area contributed by atoms with Crippen molar-refractivity contribution in [2.24, 2.45) is 5.73 Å². The van der Waals surface area contributed by atoms with E-state index in [1.807, 2.05) is 0 Å². The van der Waals surface area contributed by atoms with Crippen molar-refractivity contribution in [2.75, 3.05) is 0 Å². The van der Waals surface area contributed by atoms with Crippen LogP contribution in [0.3, 0.4) is 0 Å². The molecule has 0 fully saturated rings. The van der Waals surface area contributed by atoms with E-state index in [-0.39, 0.29) is 18.1 Å². The molecule has 68 valence electrons. The van der Waals surface area contributed by atoms with Gasteiger partial charge in [-0.15, -0.1) is 0 Å². The van der Waals surface area contributed by atoms with Crippen LogP contribution in [0.5, 0.6) is 0 Å². The maximum absolute atomic E-state index is 10.8. The summed E-state index contributed by atoms with van der Waals surface area (Å²) < 4.78 is 0. The van der Waals surface area contributed by atoms with Crippen LogP contribution in [-0.2, 0) is 14.4 Å². The van der Waals surface area contributed by atoms with Crippen molar-refractivity contribution in [2.45, 2.75) is 26.3 Å². The van der Waals surface area contributed by atoms with Crippen LogP contribution in [0.1, 0.15) is 20.3 Å². The average Bonchev–Trinajstić information content (AvgIpc) is 1.83. The predicted molar refractivity (Wildman–Crippen MR) is 42.1 cm³/mol. The van der Waals surface area contributed by atoms with Crippen LogP contribution in [0, 0.1) is 0 Å². The molecule has 0 aliphatic heterocycles. The van der Waals surface area contributed by atoms with E-state index >= 15 is 0 Å². The smallest absolute Gasteiger partial charge is 0.219 e. The molecule has 0 rings (SSSR count). The number of rotatable bonds is 4. The van der Waals surface area contributed by atoms with Gasteiger partial charge in [-0.05, 0) is 6.92 Å². The van der Waals surface area contributed by atoms with E-state index in [2.05, 4.69) is 5.32 Å². The molecule has 0 saturated heterocycles. The molecule has 0 aliphatic rings. The Hall–Kier alpha value is -1.39. The summed E-state index contributed by atoms with van der Waals surface area (Å²) in [7, 11) is 0.